The second kappa shape index (κ2) is 7.24. The third-order valence-electron chi connectivity index (χ3n) is 3.14. The van der Waals surface area contributed by atoms with E-state index in [-0.39, 0.29) is 24.5 Å². The molecule has 0 aliphatic heterocycles. The Morgan fingerprint density at radius 3 is 2.74 bits per heavy atom. The molecule has 0 aliphatic carbocycles. The maximum atomic E-state index is 10.8. The van der Waals surface area contributed by atoms with E-state index in [1.54, 1.807) is 12.1 Å². The molecule has 0 unspecified atom stereocenters. The Morgan fingerprint density at radius 1 is 1.35 bits per heavy atom. The van der Waals surface area contributed by atoms with Gasteiger partial charge < -0.3 is 15.2 Å². The zero-order valence-electron chi connectivity index (χ0n) is 12.4. The highest BCUT2D eigenvalue weighted by Gasteiger charge is 2.11. The predicted molar refractivity (Wildman–Crippen MR) is 84.9 cm³/mol. The minimum Gasteiger partial charge on any atom is -0.491 e. The number of hydrogen-bond acceptors (Lipinski definition) is 6. The van der Waals surface area contributed by atoms with E-state index in [4.69, 9.17) is 15.1 Å². The Kier molecular flexibility index (Phi) is 5.12. The van der Waals surface area contributed by atoms with Crippen molar-refractivity contribution in [1.82, 2.24) is 0 Å². The highest BCUT2D eigenvalue weighted by molar-refractivity contribution is 5.69. The van der Waals surface area contributed by atoms with Crippen LogP contribution in [0, 0.1) is 28.4 Å². The van der Waals surface area contributed by atoms with E-state index in [1.165, 1.54) is 18.2 Å². The van der Waals surface area contributed by atoms with E-state index < -0.39 is 4.92 Å². The Hall–Kier alpha value is -3.11. The van der Waals surface area contributed by atoms with E-state index in [0.717, 1.165) is 11.3 Å². The minimum atomic E-state index is -0.540. The largest absolute Gasteiger partial charge is 0.491 e. The minimum absolute atomic E-state index is 0.0617. The molecular formula is C16H15N3O4. The maximum Gasteiger partial charge on any atom is 0.270 e. The van der Waals surface area contributed by atoms with Crippen LogP contribution in [0.5, 0.6) is 5.75 Å². The van der Waals surface area contributed by atoms with Crippen molar-refractivity contribution in [1.29, 1.82) is 5.26 Å². The van der Waals surface area contributed by atoms with Crippen LogP contribution >= 0.6 is 0 Å². The van der Waals surface area contributed by atoms with Crippen LogP contribution in [-0.2, 0) is 0 Å². The number of benzene rings is 2. The lowest BCUT2D eigenvalue weighted by Crippen LogP contribution is -2.03. The molecule has 0 spiro atoms. The van der Waals surface area contributed by atoms with Crippen LogP contribution in [0.15, 0.2) is 36.4 Å². The average Bonchev–Trinajstić information content (AvgIpc) is 2.54. The van der Waals surface area contributed by atoms with Crippen molar-refractivity contribution in [2.45, 2.75) is 6.92 Å². The number of ether oxygens (including phenoxy) is 1. The summed E-state index contributed by atoms with van der Waals surface area (Å²) in [6.45, 7) is 2.02. The van der Waals surface area contributed by atoms with Crippen molar-refractivity contribution in [3.63, 3.8) is 0 Å². The van der Waals surface area contributed by atoms with E-state index in [0.29, 0.717) is 11.4 Å². The number of aliphatic hydroxyl groups excluding tert-OH is 1. The quantitative estimate of drug-likeness (QED) is 0.627. The van der Waals surface area contributed by atoms with Gasteiger partial charge in [-0.2, -0.15) is 5.26 Å². The molecular weight excluding hydrogens is 298 g/mol. The Bertz CT molecular complexity index is 768. The lowest BCUT2D eigenvalue weighted by Gasteiger charge is -2.12. The molecule has 0 saturated heterocycles. The number of nitro groups is 1. The molecule has 0 heterocycles. The summed E-state index contributed by atoms with van der Waals surface area (Å²) in [6.07, 6.45) is 0. The van der Waals surface area contributed by atoms with Gasteiger partial charge in [-0.3, -0.25) is 10.1 Å². The number of non-ortho nitro benzene ring substituents is 1. The monoisotopic (exact) mass is 313 g/mol. The van der Waals surface area contributed by atoms with Crippen LogP contribution in [0.25, 0.3) is 0 Å². The molecule has 0 bridgehead atoms. The zero-order valence-corrected chi connectivity index (χ0v) is 12.4. The number of hydrogen-bond donors (Lipinski definition) is 2. The van der Waals surface area contributed by atoms with Gasteiger partial charge in [-0.1, -0.05) is 0 Å². The molecule has 0 aliphatic rings. The molecule has 0 aromatic heterocycles. The van der Waals surface area contributed by atoms with Gasteiger partial charge in [-0.05, 0) is 36.8 Å². The van der Waals surface area contributed by atoms with Gasteiger partial charge in [0.1, 0.15) is 18.4 Å². The lowest BCUT2D eigenvalue weighted by molar-refractivity contribution is -0.384. The highest BCUT2D eigenvalue weighted by atomic mass is 16.6. The first-order valence-electron chi connectivity index (χ1n) is 6.85. The van der Waals surface area contributed by atoms with E-state index >= 15 is 0 Å². The van der Waals surface area contributed by atoms with E-state index in [1.807, 2.05) is 19.1 Å². The molecule has 23 heavy (non-hydrogen) atoms. The smallest absolute Gasteiger partial charge is 0.270 e. The van der Waals surface area contributed by atoms with Crippen LogP contribution in [0.3, 0.4) is 0 Å². The molecule has 7 heteroatoms. The molecule has 2 aromatic rings. The molecule has 0 radical (unpaired) electrons. The van der Waals surface area contributed by atoms with Gasteiger partial charge in [0, 0.05) is 17.8 Å². The van der Waals surface area contributed by atoms with E-state index in [2.05, 4.69) is 5.32 Å². The molecule has 0 atom stereocenters. The third kappa shape index (κ3) is 3.96. The average molecular weight is 313 g/mol. The third-order valence-corrected chi connectivity index (χ3v) is 3.14. The van der Waals surface area contributed by atoms with Crippen LogP contribution in [0.1, 0.15) is 11.1 Å². The Morgan fingerprint density at radius 2 is 2.13 bits per heavy atom. The van der Waals surface area contributed by atoms with Crippen molar-refractivity contribution in [3.05, 3.63) is 57.6 Å². The van der Waals surface area contributed by atoms with Crippen LogP contribution in [0.4, 0.5) is 17.1 Å². The number of nitrogens with one attached hydrogen (secondary N) is 1. The van der Waals surface area contributed by atoms with Gasteiger partial charge in [0.2, 0.25) is 0 Å². The van der Waals surface area contributed by atoms with Crippen molar-refractivity contribution < 1.29 is 14.8 Å². The second-order valence-corrected chi connectivity index (χ2v) is 4.78. The summed E-state index contributed by atoms with van der Waals surface area (Å²) in [5.74, 6) is 0.661. The Balaban J connectivity index is 2.24. The topological polar surface area (TPSA) is 108 Å². The summed E-state index contributed by atoms with van der Waals surface area (Å²) in [7, 11) is 0. The van der Waals surface area contributed by atoms with Gasteiger partial charge >= 0.3 is 0 Å². The fourth-order valence-electron chi connectivity index (χ4n) is 2.05. The summed E-state index contributed by atoms with van der Waals surface area (Å²) < 4.78 is 5.37. The molecule has 2 N–H and O–H groups in total. The van der Waals surface area contributed by atoms with Gasteiger partial charge in [0.25, 0.3) is 5.69 Å². The molecule has 0 fully saturated rings. The number of nitro benzene ring substituents is 1. The SMILES string of the molecule is Cc1cc(Nc2ccc([N+](=O)[O-])cc2C#N)ccc1OCCO. The fourth-order valence-corrected chi connectivity index (χ4v) is 2.05. The highest BCUT2D eigenvalue weighted by Crippen LogP contribution is 2.27. The lowest BCUT2D eigenvalue weighted by atomic mass is 10.1. The number of nitriles is 1. The van der Waals surface area contributed by atoms with Crippen molar-refractivity contribution in [2.24, 2.45) is 0 Å². The van der Waals surface area contributed by atoms with Gasteiger partial charge in [-0.15, -0.1) is 0 Å². The van der Waals surface area contributed by atoms with Crippen LogP contribution < -0.4 is 10.1 Å². The first-order chi connectivity index (χ1) is 11.0. The molecule has 0 amide bonds. The first-order valence-corrected chi connectivity index (χ1v) is 6.85. The van der Waals surface area contributed by atoms with Gasteiger partial charge in [-0.25, -0.2) is 0 Å². The van der Waals surface area contributed by atoms with Gasteiger partial charge in [0.15, 0.2) is 0 Å². The second-order valence-electron chi connectivity index (χ2n) is 4.78. The number of anilines is 2. The Labute approximate surface area is 132 Å². The van der Waals surface area contributed by atoms with Crippen molar-refractivity contribution >= 4 is 17.1 Å². The molecule has 118 valence electrons. The number of rotatable bonds is 6. The standard InChI is InChI=1S/C16H15N3O4/c1-11-8-13(2-5-16(11)23-7-6-20)18-15-4-3-14(19(21)22)9-12(15)10-17/h2-5,8-9,18,20H,6-7H2,1H3. The zero-order chi connectivity index (χ0) is 16.8. The summed E-state index contributed by atoms with van der Waals surface area (Å²) in [6, 6.07) is 11.4. The summed E-state index contributed by atoms with van der Waals surface area (Å²) >= 11 is 0. The number of aliphatic hydroxyl groups is 1. The summed E-state index contributed by atoms with van der Waals surface area (Å²) in [5.41, 5.74) is 2.14. The molecule has 2 aromatic carbocycles. The molecule has 2 rings (SSSR count). The van der Waals surface area contributed by atoms with Crippen LogP contribution in [-0.4, -0.2) is 23.2 Å². The summed E-state index contributed by atoms with van der Waals surface area (Å²) in [5, 5.41) is 31.7. The van der Waals surface area contributed by atoms with Crippen LogP contribution in [0.2, 0.25) is 0 Å². The molecule has 0 saturated carbocycles. The van der Waals surface area contributed by atoms with Crippen molar-refractivity contribution in [2.75, 3.05) is 18.5 Å². The number of nitrogens with zero attached hydrogens (tertiary/aromatic N) is 2. The normalized spacial score (nSPS) is 9.96. The molecule has 7 nitrogen and oxygen atoms in total. The van der Waals surface area contributed by atoms with Crippen molar-refractivity contribution in [3.8, 4) is 11.8 Å². The predicted octanol–water partition coefficient (Wildman–Crippen LogP) is 2.89. The fraction of sp³-hybridized carbons (Fsp3) is 0.188. The first kappa shape index (κ1) is 16.3. The summed E-state index contributed by atoms with van der Waals surface area (Å²) in [4.78, 5) is 10.2. The number of aryl methyl sites for hydroxylation is 1. The van der Waals surface area contributed by atoms with E-state index in [9.17, 15) is 10.1 Å². The maximum absolute atomic E-state index is 10.8. The van der Waals surface area contributed by atoms with Gasteiger partial charge in [0.05, 0.1) is 22.8 Å².